The van der Waals surface area contributed by atoms with Gasteiger partial charge in [0.15, 0.2) is 0 Å². The molecule has 0 saturated heterocycles. The van der Waals surface area contributed by atoms with Crippen LogP contribution in [0.15, 0.2) is 34.3 Å². The number of benzene rings is 1. The summed E-state index contributed by atoms with van der Waals surface area (Å²) < 4.78 is 4.88. The van der Waals surface area contributed by atoms with Crippen LogP contribution in [0.1, 0.15) is 76.2 Å². The molecule has 0 spiro atoms. The van der Waals surface area contributed by atoms with E-state index in [9.17, 15) is 9.59 Å². The molecule has 1 aromatic rings. The van der Waals surface area contributed by atoms with Gasteiger partial charge in [0.05, 0.1) is 12.0 Å². The molecule has 29 heavy (non-hydrogen) atoms. The van der Waals surface area contributed by atoms with Gasteiger partial charge < -0.3 is 10.1 Å². The van der Waals surface area contributed by atoms with E-state index in [1.165, 1.54) is 0 Å². The van der Waals surface area contributed by atoms with E-state index >= 15 is 0 Å². The highest BCUT2D eigenvalue weighted by Gasteiger charge is 2.34. The van der Waals surface area contributed by atoms with Crippen LogP contribution in [0, 0.1) is 0 Å². The Morgan fingerprint density at radius 3 is 2.28 bits per heavy atom. The molecule has 1 aromatic carbocycles. The summed E-state index contributed by atoms with van der Waals surface area (Å²) in [6.07, 6.45) is 4.40. The number of amidine groups is 1. The van der Waals surface area contributed by atoms with Crippen LogP contribution in [0.3, 0.4) is 0 Å². The highest BCUT2D eigenvalue weighted by atomic mass is 16.5. The van der Waals surface area contributed by atoms with E-state index in [2.05, 4.69) is 29.1 Å². The average Bonchev–Trinajstić information content (AvgIpc) is 2.73. The molecule has 0 aliphatic rings. The Kier molecular flexibility index (Phi) is 10.9. The van der Waals surface area contributed by atoms with Gasteiger partial charge in [-0.1, -0.05) is 26.0 Å². The molecule has 6 heteroatoms. The monoisotopic (exact) mass is 401 g/mol. The number of hydrogen-bond acceptors (Lipinski definition) is 4. The highest BCUT2D eigenvalue weighted by molar-refractivity contribution is 5.98. The number of carbonyl (C=O) groups is 2. The minimum Gasteiger partial charge on any atom is -0.466 e. The Bertz CT molecular complexity index is 705. The summed E-state index contributed by atoms with van der Waals surface area (Å²) in [5.74, 6) is 0.456. The smallest absolute Gasteiger partial charge is 0.305 e. The molecule has 0 unspecified atom stereocenters. The second-order valence-corrected chi connectivity index (χ2v) is 6.72. The maximum absolute atomic E-state index is 12.4. The van der Waals surface area contributed by atoms with Crippen LogP contribution in [0.2, 0.25) is 0 Å². The first-order valence-electron chi connectivity index (χ1n) is 10.6. The van der Waals surface area contributed by atoms with Crippen LogP contribution in [-0.2, 0) is 14.9 Å². The zero-order chi connectivity index (χ0) is 21.7. The molecule has 1 rings (SSSR count). The molecule has 0 aliphatic carbocycles. The highest BCUT2D eigenvalue weighted by Crippen LogP contribution is 2.34. The van der Waals surface area contributed by atoms with Gasteiger partial charge in [-0.3, -0.25) is 14.6 Å². The molecule has 0 atom stereocenters. The van der Waals surface area contributed by atoms with E-state index in [-0.39, 0.29) is 17.3 Å². The second kappa shape index (κ2) is 12.9. The molecule has 160 valence electrons. The zero-order valence-electron chi connectivity index (χ0n) is 18.5. The first-order chi connectivity index (χ1) is 14.0. The molecule has 0 saturated carbocycles. The van der Waals surface area contributed by atoms with E-state index in [0.717, 1.165) is 24.2 Å². The summed E-state index contributed by atoms with van der Waals surface area (Å²) in [6.45, 7) is 11.5. The van der Waals surface area contributed by atoms with Crippen molar-refractivity contribution >= 4 is 23.9 Å². The molecule has 0 radical (unpaired) electrons. The fourth-order valence-electron chi connectivity index (χ4n) is 3.40. The molecule has 6 nitrogen and oxygen atoms in total. The predicted molar refractivity (Wildman–Crippen MR) is 119 cm³/mol. The number of nitrogens with one attached hydrogen (secondary N) is 1. The third-order valence-electron chi connectivity index (χ3n) is 5.04. The maximum atomic E-state index is 12.4. The number of hydrogen-bond donors (Lipinski definition) is 1. The molecule has 0 fully saturated rings. The summed E-state index contributed by atoms with van der Waals surface area (Å²) in [5, 5.41) is 2.85. The van der Waals surface area contributed by atoms with Crippen molar-refractivity contribution in [3.05, 3.63) is 35.4 Å². The van der Waals surface area contributed by atoms with Gasteiger partial charge in [0, 0.05) is 31.3 Å². The number of nitrogens with zero attached hydrogens (tertiary/aromatic N) is 2. The average molecular weight is 402 g/mol. The van der Waals surface area contributed by atoms with Gasteiger partial charge in [0.1, 0.15) is 5.84 Å². The summed E-state index contributed by atoms with van der Waals surface area (Å²) in [5.41, 5.74) is 1.44. The largest absolute Gasteiger partial charge is 0.466 e. The first-order valence-corrected chi connectivity index (χ1v) is 10.6. The lowest BCUT2D eigenvalue weighted by atomic mass is 9.74. The van der Waals surface area contributed by atoms with Gasteiger partial charge in [-0.25, -0.2) is 4.99 Å². The van der Waals surface area contributed by atoms with Gasteiger partial charge in [-0.05, 0) is 57.7 Å². The van der Waals surface area contributed by atoms with Crippen LogP contribution in [0.5, 0.6) is 0 Å². The van der Waals surface area contributed by atoms with E-state index in [1.54, 1.807) is 13.1 Å². The van der Waals surface area contributed by atoms with Crippen LogP contribution >= 0.6 is 0 Å². The molecule has 0 heterocycles. The van der Waals surface area contributed by atoms with Gasteiger partial charge in [-0.2, -0.15) is 0 Å². The summed E-state index contributed by atoms with van der Waals surface area (Å²) >= 11 is 0. The van der Waals surface area contributed by atoms with Crippen LogP contribution in [-0.4, -0.2) is 43.6 Å². The molecule has 0 aromatic heterocycles. The normalized spacial score (nSPS) is 12.2. The lowest BCUT2D eigenvalue weighted by Gasteiger charge is -2.32. The zero-order valence-corrected chi connectivity index (χ0v) is 18.5. The lowest BCUT2D eigenvalue weighted by Crippen LogP contribution is -2.34. The predicted octanol–water partition coefficient (Wildman–Crippen LogP) is 4.33. The van der Waals surface area contributed by atoms with Crippen molar-refractivity contribution in [1.29, 1.82) is 0 Å². The molecule has 1 amide bonds. The van der Waals surface area contributed by atoms with Crippen molar-refractivity contribution < 1.29 is 14.3 Å². The van der Waals surface area contributed by atoms with Gasteiger partial charge in [0.2, 0.25) is 0 Å². The van der Waals surface area contributed by atoms with Crippen molar-refractivity contribution in [1.82, 2.24) is 5.32 Å². The Balaban J connectivity index is 2.88. The summed E-state index contributed by atoms with van der Waals surface area (Å²) in [7, 11) is 0. The van der Waals surface area contributed by atoms with E-state index in [0.29, 0.717) is 38.1 Å². The van der Waals surface area contributed by atoms with Crippen molar-refractivity contribution in [3.8, 4) is 0 Å². The van der Waals surface area contributed by atoms with Gasteiger partial charge in [0.25, 0.3) is 5.91 Å². The standard InChI is InChI=1S/C23H35N3O3/c1-6-23(7-2,22(24-8-3)25-9-4)19-15-13-18(14-16-19)21(28)26-17-11-12-20(27)29-10-5/h8,13-16H,6-7,9-12,17H2,1-5H3,(H,26,28). The lowest BCUT2D eigenvalue weighted by molar-refractivity contribution is -0.143. The second-order valence-electron chi connectivity index (χ2n) is 6.72. The SMILES string of the molecule is CC=NC(=NCC)C(CC)(CC)c1ccc(C(=O)NCCCC(=O)OCC)cc1. The first kappa shape index (κ1) is 24.5. The quantitative estimate of drug-likeness (QED) is 0.259. The number of amides is 1. The van der Waals surface area contributed by atoms with Gasteiger partial charge in [-0.15, -0.1) is 0 Å². The molecular weight excluding hydrogens is 366 g/mol. The minimum absolute atomic E-state index is 0.145. The maximum Gasteiger partial charge on any atom is 0.305 e. The third kappa shape index (κ3) is 6.80. The summed E-state index contributed by atoms with van der Waals surface area (Å²) in [4.78, 5) is 32.9. The number of esters is 1. The van der Waals surface area contributed by atoms with E-state index in [1.807, 2.05) is 38.1 Å². The molecular formula is C23H35N3O3. The van der Waals surface area contributed by atoms with Crippen LogP contribution in [0.4, 0.5) is 0 Å². The number of carbonyl (C=O) groups excluding carboxylic acids is 2. The Labute approximate surface area is 174 Å². The van der Waals surface area contributed by atoms with E-state index < -0.39 is 0 Å². The minimum atomic E-state index is -0.267. The molecule has 0 bridgehead atoms. The van der Waals surface area contributed by atoms with Crippen LogP contribution < -0.4 is 5.32 Å². The van der Waals surface area contributed by atoms with Crippen LogP contribution in [0.25, 0.3) is 0 Å². The molecule has 0 aliphatic heterocycles. The Morgan fingerprint density at radius 2 is 1.76 bits per heavy atom. The van der Waals surface area contributed by atoms with Crippen molar-refractivity contribution in [2.24, 2.45) is 9.98 Å². The van der Waals surface area contributed by atoms with Crippen molar-refractivity contribution in [2.45, 2.75) is 65.7 Å². The van der Waals surface area contributed by atoms with E-state index in [4.69, 9.17) is 4.74 Å². The number of aliphatic imine (C=N–C) groups is 2. The van der Waals surface area contributed by atoms with Crippen molar-refractivity contribution in [2.75, 3.05) is 19.7 Å². The van der Waals surface area contributed by atoms with Crippen molar-refractivity contribution in [3.63, 3.8) is 0 Å². The molecule has 1 N–H and O–H groups in total. The summed E-state index contributed by atoms with van der Waals surface area (Å²) in [6, 6.07) is 7.68. The Morgan fingerprint density at radius 1 is 1.10 bits per heavy atom. The third-order valence-corrected chi connectivity index (χ3v) is 5.04. The number of ether oxygens (including phenoxy) is 1. The van der Waals surface area contributed by atoms with Gasteiger partial charge >= 0.3 is 5.97 Å². The fourth-order valence-corrected chi connectivity index (χ4v) is 3.40. The Hall–Kier alpha value is -2.50. The topological polar surface area (TPSA) is 80.1 Å². The number of rotatable bonds is 11. The fraction of sp³-hybridized carbons (Fsp3) is 0.565.